The van der Waals surface area contributed by atoms with Gasteiger partial charge in [0.2, 0.25) is 0 Å². The Balaban J connectivity index is 0.000000291. The summed E-state index contributed by atoms with van der Waals surface area (Å²) in [6, 6.07) is 8.86. The van der Waals surface area contributed by atoms with Crippen LogP contribution in [-0.4, -0.2) is 42.3 Å². The van der Waals surface area contributed by atoms with Crippen LogP contribution in [0.3, 0.4) is 0 Å². The Hall–Kier alpha value is -2.20. The van der Waals surface area contributed by atoms with Crippen molar-refractivity contribution in [2.45, 2.75) is 53.0 Å². The van der Waals surface area contributed by atoms with Crippen molar-refractivity contribution in [2.75, 3.05) is 0 Å². The number of aromatic nitrogens is 6. The first kappa shape index (κ1) is 25.8. The molecule has 0 aliphatic heterocycles. The van der Waals surface area contributed by atoms with E-state index in [-0.39, 0.29) is 44.0 Å². The molecular formula is C19H23F2IrN8. The molecule has 0 spiro atoms. The molecule has 0 bridgehead atoms. The van der Waals surface area contributed by atoms with Crippen molar-refractivity contribution in [3.05, 3.63) is 64.9 Å². The third-order valence-corrected chi connectivity index (χ3v) is 3.41. The van der Waals surface area contributed by atoms with Gasteiger partial charge in [-0.25, -0.2) is 8.78 Å². The zero-order chi connectivity index (χ0) is 21.4. The van der Waals surface area contributed by atoms with Crippen LogP contribution in [0.25, 0.3) is 21.9 Å². The van der Waals surface area contributed by atoms with E-state index in [0.29, 0.717) is 5.69 Å². The molecule has 0 N–H and O–H groups in total. The van der Waals surface area contributed by atoms with E-state index in [2.05, 4.69) is 42.2 Å². The predicted molar refractivity (Wildman–Crippen MR) is 105 cm³/mol. The van der Waals surface area contributed by atoms with Crippen LogP contribution in [0.5, 0.6) is 0 Å². The van der Waals surface area contributed by atoms with Crippen LogP contribution >= 0.6 is 0 Å². The Morgan fingerprint density at radius 2 is 1.73 bits per heavy atom. The fourth-order valence-electron chi connectivity index (χ4n) is 2.21. The van der Waals surface area contributed by atoms with E-state index in [0.717, 1.165) is 11.9 Å². The quantitative estimate of drug-likeness (QED) is 0.315. The van der Waals surface area contributed by atoms with Crippen LogP contribution in [0, 0.1) is 24.9 Å². The summed E-state index contributed by atoms with van der Waals surface area (Å²) in [5.41, 5.74) is 0.463. The second kappa shape index (κ2) is 12.5. The van der Waals surface area contributed by atoms with Crippen molar-refractivity contribution in [1.29, 1.82) is 0 Å². The topological polar surface area (TPSA) is 97.6 Å². The monoisotopic (exact) mass is 594 g/mol. The fraction of sp³-hybridized carbons (Fsp3) is 0.421. The van der Waals surface area contributed by atoms with Gasteiger partial charge < -0.3 is 15.6 Å². The minimum absolute atomic E-state index is 0. The van der Waals surface area contributed by atoms with Gasteiger partial charge in [0, 0.05) is 6.20 Å². The average Bonchev–Trinajstić information content (AvgIpc) is 3.08. The smallest absolute Gasteiger partial charge is 0.657 e. The van der Waals surface area contributed by atoms with E-state index in [1.807, 2.05) is 34.6 Å². The van der Waals surface area contributed by atoms with E-state index in [1.54, 1.807) is 22.9 Å². The summed E-state index contributed by atoms with van der Waals surface area (Å²) in [4.78, 5) is 6.95. The first-order valence-corrected chi connectivity index (χ1v) is 9.07. The van der Waals surface area contributed by atoms with Crippen LogP contribution in [-0.2, 0) is 20.1 Å². The van der Waals surface area contributed by atoms with Crippen LogP contribution in [0.1, 0.15) is 39.8 Å². The van der Waals surface area contributed by atoms with E-state index in [9.17, 15) is 8.78 Å². The molecule has 0 aliphatic rings. The second-order valence-corrected chi connectivity index (χ2v) is 6.61. The number of nitrogens with zero attached hydrogens (tertiary/aromatic N) is 8. The molecule has 0 radical (unpaired) electrons. The van der Waals surface area contributed by atoms with Gasteiger partial charge in [-0.1, -0.05) is 51.5 Å². The minimum Gasteiger partial charge on any atom is -0.657 e. The van der Waals surface area contributed by atoms with Gasteiger partial charge in [-0.2, -0.15) is 0 Å². The summed E-state index contributed by atoms with van der Waals surface area (Å²) in [5.74, 6) is -1.06. The van der Waals surface area contributed by atoms with Crippen LogP contribution in [0.2, 0.25) is 0 Å². The summed E-state index contributed by atoms with van der Waals surface area (Å²) in [5, 5.41) is 20.3. The number of hydrogen-bond acceptors (Lipinski definition) is 5. The van der Waals surface area contributed by atoms with Gasteiger partial charge in [0.05, 0.1) is 0 Å². The van der Waals surface area contributed by atoms with Crippen LogP contribution < -0.4 is 0 Å². The molecule has 0 unspecified atom stereocenters. The third kappa shape index (κ3) is 7.91. The maximum Gasteiger partial charge on any atom is 3.00 e. The molecule has 0 saturated heterocycles. The van der Waals surface area contributed by atoms with E-state index < -0.39 is 11.9 Å². The Kier molecular flexibility index (Phi) is 10.8. The Bertz CT molecular complexity index is 879. The van der Waals surface area contributed by atoms with Crippen molar-refractivity contribution in [1.82, 2.24) is 30.2 Å². The Labute approximate surface area is 188 Å². The minimum atomic E-state index is -0.899. The number of aryl methyl sites for hydroxylation is 1. The number of pyridine rings is 2. The second-order valence-electron chi connectivity index (χ2n) is 6.61. The van der Waals surface area contributed by atoms with Crippen LogP contribution in [0.15, 0.2) is 30.5 Å². The van der Waals surface area contributed by atoms with Crippen molar-refractivity contribution in [3.8, 4) is 11.3 Å². The summed E-state index contributed by atoms with van der Waals surface area (Å²) >= 11 is 0. The Morgan fingerprint density at radius 1 is 1.07 bits per heavy atom. The predicted octanol–water partition coefficient (Wildman–Crippen LogP) is 4.22. The fourth-order valence-corrected chi connectivity index (χ4v) is 2.21. The summed E-state index contributed by atoms with van der Waals surface area (Å²) in [6.45, 7) is 9.91. The van der Waals surface area contributed by atoms with E-state index >= 15 is 0 Å². The molecule has 3 rings (SSSR count). The molecular weight excluding hydrogens is 570 g/mol. The van der Waals surface area contributed by atoms with Gasteiger partial charge in [-0.15, -0.1) is 29.5 Å². The molecule has 3 aromatic heterocycles. The van der Waals surface area contributed by atoms with Gasteiger partial charge in [-0.3, -0.25) is 9.67 Å². The summed E-state index contributed by atoms with van der Waals surface area (Å²) in [7, 11) is 0. The molecule has 0 fully saturated rings. The molecule has 3 aromatic rings. The van der Waals surface area contributed by atoms with Crippen molar-refractivity contribution < 1.29 is 28.9 Å². The summed E-state index contributed by atoms with van der Waals surface area (Å²) in [6.07, 6.45) is 1.21. The zero-order valence-electron chi connectivity index (χ0n) is 17.3. The summed E-state index contributed by atoms with van der Waals surface area (Å²) < 4.78 is 27.2. The van der Waals surface area contributed by atoms with Gasteiger partial charge in [0.15, 0.2) is 0 Å². The SMILES string of the molecule is Cc1nnnn1C([N-]C(C)C)[N-]C(C)C.Fc1c[c-]c(-c2ccccn2)c(F)n1.[Ir+3]. The first-order chi connectivity index (χ1) is 13.8. The first-order valence-electron chi connectivity index (χ1n) is 9.07. The Morgan fingerprint density at radius 3 is 2.20 bits per heavy atom. The van der Waals surface area contributed by atoms with Crippen LogP contribution in [0.4, 0.5) is 8.78 Å². The molecule has 11 heteroatoms. The zero-order valence-corrected chi connectivity index (χ0v) is 19.7. The molecule has 162 valence electrons. The number of tetrazole rings is 1. The standard InChI is InChI=1S/C10H5F2N2.C9H18N6.Ir/c11-9-5-4-7(10(12)14-9)8-3-1-2-6-13-8;1-6(2)10-9(11-7(3)4)15-8(5)12-13-14-15;/h1-3,5-6H;6-7,9H,1-5H3;/q-1;-2;+3. The van der Waals surface area contributed by atoms with Crippen molar-refractivity contribution >= 4 is 0 Å². The molecule has 8 nitrogen and oxygen atoms in total. The number of rotatable bonds is 6. The number of hydrogen-bond donors (Lipinski definition) is 0. The molecule has 0 aromatic carbocycles. The van der Waals surface area contributed by atoms with E-state index in [1.165, 1.54) is 6.20 Å². The molecule has 0 amide bonds. The average molecular weight is 594 g/mol. The molecule has 30 heavy (non-hydrogen) atoms. The van der Waals surface area contributed by atoms with Crippen molar-refractivity contribution in [2.24, 2.45) is 0 Å². The number of halogens is 2. The van der Waals surface area contributed by atoms with Gasteiger partial charge in [0.1, 0.15) is 17.7 Å². The van der Waals surface area contributed by atoms with E-state index in [4.69, 9.17) is 0 Å². The third-order valence-electron chi connectivity index (χ3n) is 3.41. The van der Waals surface area contributed by atoms with Gasteiger partial charge >= 0.3 is 20.1 Å². The maximum absolute atomic E-state index is 13.1. The van der Waals surface area contributed by atoms with Crippen molar-refractivity contribution in [3.63, 3.8) is 0 Å². The maximum atomic E-state index is 13.1. The normalized spacial score (nSPS) is 10.7. The molecule has 0 atom stereocenters. The molecule has 0 aliphatic carbocycles. The molecule has 3 heterocycles. The van der Waals surface area contributed by atoms with Gasteiger partial charge in [-0.05, 0) is 29.1 Å². The molecule has 0 saturated carbocycles. The van der Waals surface area contributed by atoms with Gasteiger partial charge in [0.25, 0.3) is 0 Å². The largest absolute Gasteiger partial charge is 3.00 e.